The Kier molecular flexibility index (Phi) is 7.73. The fourth-order valence-electron chi connectivity index (χ4n) is 3.14. The summed E-state index contributed by atoms with van der Waals surface area (Å²) in [6.07, 6.45) is -1.63. The molecule has 1 aliphatic rings. The number of anilines is 1. The molecule has 0 unspecified atom stereocenters. The highest BCUT2D eigenvalue weighted by molar-refractivity contribution is 8.26. The maximum absolute atomic E-state index is 13.1. The first-order chi connectivity index (χ1) is 15.2. The lowest BCUT2D eigenvalue weighted by Gasteiger charge is -2.15. The molecule has 1 aliphatic heterocycles. The molecule has 0 aliphatic carbocycles. The van der Waals surface area contributed by atoms with E-state index in [9.17, 15) is 22.8 Å². The van der Waals surface area contributed by atoms with Crippen LogP contribution in [0.2, 0.25) is 0 Å². The van der Waals surface area contributed by atoms with Crippen molar-refractivity contribution in [2.24, 2.45) is 0 Å². The summed E-state index contributed by atoms with van der Waals surface area (Å²) in [6, 6.07) is 12.7. The van der Waals surface area contributed by atoms with Gasteiger partial charge in [-0.15, -0.1) is 0 Å². The van der Waals surface area contributed by atoms with E-state index in [-0.39, 0.29) is 31.0 Å². The van der Waals surface area contributed by atoms with E-state index in [0.717, 1.165) is 18.1 Å². The highest BCUT2D eigenvalue weighted by atomic mass is 32.2. The van der Waals surface area contributed by atoms with Gasteiger partial charge in [-0.3, -0.25) is 14.5 Å². The Morgan fingerprint density at radius 3 is 2.50 bits per heavy atom. The molecule has 1 heterocycles. The number of benzene rings is 2. The van der Waals surface area contributed by atoms with Crippen LogP contribution >= 0.6 is 24.0 Å². The number of alkyl halides is 3. The summed E-state index contributed by atoms with van der Waals surface area (Å²) in [5.74, 6) is -0.791. The molecule has 0 radical (unpaired) electrons. The predicted octanol–water partition coefficient (Wildman–Crippen LogP) is 5.89. The van der Waals surface area contributed by atoms with Crippen molar-refractivity contribution in [2.45, 2.75) is 32.4 Å². The summed E-state index contributed by atoms with van der Waals surface area (Å²) >= 11 is 6.49. The molecule has 3 rings (SSSR count). The molecular formula is C23H21F3N2O2S2. The van der Waals surface area contributed by atoms with E-state index < -0.39 is 17.6 Å². The van der Waals surface area contributed by atoms with Crippen molar-refractivity contribution in [3.05, 3.63) is 70.1 Å². The maximum Gasteiger partial charge on any atom is 0.418 e. The maximum atomic E-state index is 13.1. The molecule has 168 valence electrons. The Balaban J connectivity index is 1.56. The lowest BCUT2D eigenvalue weighted by Crippen LogP contribution is -2.29. The van der Waals surface area contributed by atoms with Gasteiger partial charge in [0.2, 0.25) is 5.91 Å². The number of rotatable bonds is 7. The molecule has 2 aromatic carbocycles. The second-order valence-corrected chi connectivity index (χ2v) is 8.80. The van der Waals surface area contributed by atoms with Gasteiger partial charge in [0, 0.05) is 13.0 Å². The molecule has 1 N–H and O–H groups in total. The molecule has 32 heavy (non-hydrogen) atoms. The van der Waals surface area contributed by atoms with Crippen LogP contribution < -0.4 is 5.32 Å². The highest BCUT2D eigenvalue weighted by Gasteiger charge is 2.34. The van der Waals surface area contributed by atoms with Gasteiger partial charge in [-0.2, -0.15) is 13.2 Å². The first kappa shape index (κ1) is 24.0. The summed E-state index contributed by atoms with van der Waals surface area (Å²) in [7, 11) is 0. The van der Waals surface area contributed by atoms with E-state index in [1.807, 2.05) is 24.3 Å². The molecule has 0 aromatic heterocycles. The third-order valence-corrected chi connectivity index (χ3v) is 6.23. The quantitative estimate of drug-likeness (QED) is 0.398. The lowest BCUT2D eigenvalue weighted by molar-refractivity contribution is -0.137. The smallest absolute Gasteiger partial charge is 0.326 e. The van der Waals surface area contributed by atoms with Gasteiger partial charge in [0.15, 0.2) is 0 Å². The number of hydrogen-bond donors (Lipinski definition) is 1. The van der Waals surface area contributed by atoms with Crippen LogP contribution in [-0.4, -0.2) is 27.6 Å². The monoisotopic (exact) mass is 478 g/mol. The Hall–Kier alpha value is -2.65. The second-order valence-electron chi connectivity index (χ2n) is 7.12. The van der Waals surface area contributed by atoms with Crippen LogP contribution in [0.4, 0.5) is 18.9 Å². The largest absolute Gasteiger partial charge is 0.418 e. The molecule has 1 saturated heterocycles. The Labute approximate surface area is 193 Å². The number of para-hydroxylation sites is 1. The SMILES string of the molecule is CCc1ccc(C=C2SC(=S)N(CCCC(=O)Nc3ccccc3C(F)(F)F)C2=O)cc1. The summed E-state index contributed by atoms with van der Waals surface area (Å²) in [5, 5.41) is 2.30. The fourth-order valence-corrected chi connectivity index (χ4v) is 4.45. The minimum absolute atomic E-state index is 0.0409. The predicted molar refractivity (Wildman–Crippen MR) is 125 cm³/mol. The number of thioether (sulfide) groups is 1. The van der Waals surface area contributed by atoms with Crippen molar-refractivity contribution >= 4 is 51.9 Å². The van der Waals surface area contributed by atoms with Crippen LogP contribution in [0.3, 0.4) is 0 Å². The summed E-state index contributed by atoms with van der Waals surface area (Å²) in [4.78, 5) is 26.8. The number of thiocarbonyl (C=S) groups is 1. The number of carbonyl (C=O) groups excluding carboxylic acids is 2. The van der Waals surface area contributed by atoms with Crippen LogP contribution in [-0.2, 0) is 22.2 Å². The van der Waals surface area contributed by atoms with Gasteiger partial charge in [-0.1, -0.05) is 67.3 Å². The van der Waals surface area contributed by atoms with E-state index >= 15 is 0 Å². The Morgan fingerprint density at radius 1 is 1.16 bits per heavy atom. The van der Waals surface area contributed by atoms with E-state index in [1.54, 1.807) is 6.08 Å². The van der Waals surface area contributed by atoms with Crippen molar-refractivity contribution in [2.75, 3.05) is 11.9 Å². The minimum Gasteiger partial charge on any atom is -0.326 e. The number of amides is 2. The first-order valence-corrected chi connectivity index (χ1v) is 11.2. The van der Waals surface area contributed by atoms with Gasteiger partial charge in [0.1, 0.15) is 4.32 Å². The van der Waals surface area contributed by atoms with E-state index in [0.29, 0.717) is 9.23 Å². The Morgan fingerprint density at radius 2 is 1.84 bits per heavy atom. The zero-order chi connectivity index (χ0) is 23.3. The molecule has 4 nitrogen and oxygen atoms in total. The number of aryl methyl sites for hydroxylation is 1. The first-order valence-electron chi connectivity index (χ1n) is 9.99. The summed E-state index contributed by atoms with van der Waals surface area (Å²) in [5.41, 5.74) is 0.909. The van der Waals surface area contributed by atoms with Crippen molar-refractivity contribution in [3.63, 3.8) is 0 Å². The standard InChI is InChI=1S/C23H21F3N2O2S2/c1-2-15-9-11-16(12-10-15)14-19-21(30)28(22(31)32-19)13-5-8-20(29)27-18-7-4-3-6-17(18)23(24,25)26/h3-4,6-7,9-12,14H,2,5,8,13H2,1H3,(H,27,29). The molecule has 1 fully saturated rings. The van der Waals surface area contributed by atoms with Crippen molar-refractivity contribution in [1.29, 1.82) is 0 Å². The van der Waals surface area contributed by atoms with Crippen molar-refractivity contribution in [3.8, 4) is 0 Å². The average molecular weight is 479 g/mol. The summed E-state index contributed by atoms with van der Waals surface area (Å²) < 4.78 is 39.6. The molecule has 9 heteroatoms. The fraction of sp³-hybridized carbons (Fsp3) is 0.261. The topological polar surface area (TPSA) is 49.4 Å². The van der Waals surface area contributed by atoms with Crippen LogP contribution in [0.25, 0.3) is 6.08 Å². The molecule has 0 bridgehead atoms. The molecular weight excluding hydrogens is 457 g/mol. The van der Waals surface area contributed by atoms with Crippen LogP contribution in [0.5, 0.6) is 0 Å². The van der Waals surface area contributed by atoms with E-state index in [4.69, 9.17) is 12.2 Å². The third kappa shape index (κ3) is 5.98. The van der Waals surface area contributed by atoms with E-state index in [2.05, 4.69) is 12.2 Å². The van der Waals surface area contributed by atoms with Gasteiger partial charge in [-0.05, 0) is 42.2 Å². The zero-order valence-corrected chi connectivity index (χ0v) is 18.9. The number of halogens is 3. The Bertz CT molecular complexity index is 1050. The van der Waals surface area contributed by atoms with Crippen LogP contribution in [0.15, 0.2) is 53.4 Å². The van der Waals surface area contributed by atoms with Gasteiger partial charge >= 0.3 is 6.18 Å². The van der Waals surface area contributed by atoms with Gasteiger partial charge in [-0.25, -0.2) is 0 Å². The minimum atomic E-state index is -4.56. The molecule has 0 spiro atoms. The van der Waals surface area contributed by atoms with Gasteiger partial charge < -0.3 is 5.32 Å². The highest BCUT2D eigenvalue weighted by Crippen LogP contribution is 2.35. The van der Waals surface area contributed by atoms with E-state index in [1.165, 1.54) is 40.4 Å². The van der Waals surface area contributed by atoms with Gasteiger partial charge in [0.05, 0.1) is 16.2 Å². The van der Waals surface area contributed by atoms with Crippen LogP contribution in [0.1, 0.15) is 36.5 Å². The number of nitrogens with zero attached hydrogens (tertiary/aromatic N) is 1. The number of hydrogen-bond acceptors (Lipinski definition) is 4. The third-order valence-electron chi connectivity index (χ3n) is 4.85. The second kappa shape index (κ2) is 10.3. The van der Waals surface area contributed by atoms with Gasteiger partial charge in [0.25, 0.3) is 5.91 Å². The molecule has 2 aromatic rings. The van der Waals surface area contributed by atoms with Crippen molar-refractivity contribution < 1.29 is 22.8 Å². The number of carbonyl (C=O) groups is 2. The average Bonchev–Trinajstić information content (AvgIpc) is 3.01. The van der Waals surface area contributed by atoms with Crippen molar-refractivity contribution in [1.82, 2.24) is 4.90 Å². The zero-order valence-electron chi connectivity index (χ0n) is 17.2. The van der Waals surface area contributed by atoms with Crippen LogP contribution in [0, 0.1) is 0 Å². The lowest BCUT2D eigenvalue weighted by atomic mass is 10.1. The summed E-state index contributed by atoms with van der Waals surface area (Å²) in [6.45, 7) is 2.28. The number of nitrogens with one attached hydrogen (secondary N) is 1. The molecule has 2 amide bonds. The normalized spacial score (nSPS) is 15.5. The molecule has 0 atom stereocenters. The molecule has 0 saturated carbocycles.